The molecule has 0 aromatic heterocycles. The van der Waals surface area contributed by atoms with Crippen molar-refractivity contribution in [2.24, 2.45) is 11.8 Å². The minimum absolute atomic E-state index is 0.285. The van der Waals surface area contributed by atoms with E-state index < -0.39 is 47.0 Å². The van der Waals surface area contributed by atoms with Crippen LogP contribution in [0.4, 0.5) is 10.1 Å². The summed E-state index contributed by atoms with van der Waals surface area (Å²) >= 11 is 1.53. The minimum Gasteiger partial charge on any atom is -0.486 e. The zero-order chi connectivity index (χ0) is 24.7. The zero-order valence-corrected chi connectivity index (χ0v) is 20.1. The van der Waals surface area contributed by atoms with Gasteiger partial charge in [-0.3, -0.25) is 19.7 Å². The molecular weight excluding hydrogens is 475 g/mol. The number of hydrogen-bond donors (Lipinski definition) is 1. The number of halogens is 1. The van der Waals surface area contributed by atoms with Crippen LogP contribution in [0.25, 0.3) is 0 Å². The first kappa shape index (κ1) is 23.6. The number of anilines is 1. The number of rotatable bonds is 6. The lowest BCUT2D eigenvalue weighted by atomic mass is 9.78. The Kier molecular flexibility index (Phi) is 6.18. The molecule has 8 nitrogen and oxygen atoms in total. The molecule has 0 aliphatic carbocycles. The van der Waals surface area contributed by atoms with E-state index >= 15 is 0 Å². The van der Waals surface area contributed by atoms with E-state index in [1.165, 1.54) is 31.0 Å². The van der Waals surface area contributed by atoms with E-state index in [2.05, 4.69) is 5.32 Å². The van der Waals surface area contributed by atoms with Crippen LogP contribution in [-0.4, -0.2) is 55.7 Å². The second-order valence-corrected chi connectivity index (χ2v) is 9.71. The lowest BCUT2D eigenvalue weighted by molar-refractivity contribution is -0.152. The number of hydrogen-bond acceptors (Lipinski definition) is 8. The second kappa shape index (κ2) is 9.16. The molecule has 10 heteroatoms. The monoisotopic (exact) mass is 500 g/mol. The van der Waals surface area contributed by atoms with Crippen LogP contribution in [0.3, 0.4) is 0 Å². The molecular formula is C25H25FN2O6S. The van der Waals surface area contributed by atoms with Crippen molar-refractivity contribution in [3.63, 3.8) is 0 Å². The fourth-order valence-electron chi connectivity index (χ4n) is 5.35. The molecule has 184 valence electrons. The molecule has 0 saturated carbocycles. The van der Waals surface area contributed by atoms with Gasteiger partial charge in [0.1, 0.15) is 24.6 Å². The highest BCUT2D eigenvalue weighted by Crippen LogP contribution is 2.52. The van der Waals surface area contributed by atoms with Crippen LogP contribution in [0.1, 0.15) is 18.0 Å². The Bertz CT molecular complexity index is 1180. The smallest absolute Gasteiger partial charge is 0.326 e. The van der Waals surface area contributed by atoms with E-state index in [-0.39, 0.29) is 6.42 Å². The van der Waals surface area contributed by atoms with Gasteiger partial charge in [0, 0.05) is 12.1 Å². The van der Waals surface area contributed by atoms with E-state index in [0.29, 0.717) is 41.7 Å². The number of methoxy groups -OCH3 is 1. The van der Waals surface area contributed by atoms with Crippen molar-refractivity contribution < 1.29 is 33.0 Å². The summed E-state index contributed by atoms with van der Waals surface area (Å²) in [5.74, 6) is -2.26. The van der Waals surface area contributed by atoms with Gasteiger partial charge in [-0.25, -0.2) is 9.29 Å². The highest BCUT2D eigenvalue weighted by Gasteiger charge is 2.68. The summed E-state index contributed by atoms with van der Waals surface area (Å²) < 4.78 is 30.0. The number of nitrogens with zero attached hydrogens (tertiary/aromatic N) is 1. The number of fused-ring (bicyclic) bond motifs is 2. The van der Waals surface area contributed by atoms with Crippen LogP contribution >= 0.6 is 11.8 Å². The maximum Gasteiger partial charge on any atom is 0.326 e. The lowest BCUT2D eigenvalue weighted by Gasteiger charge is -2.32. The molecule has 2 aromatic rings. The molecule has 0 spiro atoms. The molecule has 3 aliphatic heterocycles. The number of imide groups is 1. The molecule has 2 saturated heterocycles. The fraction of sp³-hybridized carbons (Fsp3) is 0.400. The Labute approximate surface area is 206 Å². The minimum atomic E-state index is -1.41. The summed E-state index contributed by atoms with van der Waals surface area (Å²) in [7, 11) is 1.27. The molecule has 2 aromatic carbocycles. The van der Waals surface area contributed by atoms with Gasteiger partial charge in [-0.15, -0.1) is 0 Å². The van der Waals surface area contributed by atoms with Crippen molar-refractivity contribution >= 4 is 35.2 Å². The molecule has 2 fully saturated rings. The molecule has 35 heavy (non-hydrogen) atoms. The Morgan fingerprint density at radius 1 is 1.14 bits per heavy atom. The van der Waals surface area contributed by atoms with Crippen molar-refractivity contribution in [2.45, 2.75) is 18.0 Å². The van der Waals surface area contributed by atoms with Crippen molar-refractivity contribution in [2.75, 3.05) is 37.2 Å². The predicted molar refractivity (Wildman–Crippen MR) is 127 cm³/mol. The maximum absolute atomic E-state index is 13.9. The quantitative estimate of drug-likeness (QED) is 0.478. The van der Waals surface area contributed by atoms with Crippen molar-refractivity contribution in [3.8, 4) is 11.5 Å². The molecule has 2 amide bonds. The molecule has 1 N–H and O–H groups in total. The van der Waals surface area contributed by atoms with Gasteiger partial charge in [-0.05, 0) is 48.3 Å². The summed E-state index contributed by atoms with van der Waals surface area (Å²) in [6.07, 6.45) is 2.19. The van der Waals surface area contributed by atoms with Crippen molar-refractivity contribution in [1.82, 2.24) is 5.32 Å². The Morgan fingerprint density at radius 3 is 2.54 bits per heavy atom. The average molecular weight is 501 g/mol. The number of carbonyl (C=O) groups excluding carboxylic acids is 3. The molecule has 0 radical (unpaired) electrons. The highest BCUT2D eigenvalue weighted by molar-refractivity contribution is 7.98. The third kappa shape index (κ3) is 3.75. The van der Waals surface area contributed by atoms with Crippen molar-refractivity contribution in [1.29, 1.82) is 0 Å². The normalized spacial score (nSPS) is 27.2. The van der Waals surface area contributed by atoms with Gasteiger partial charge in [-0.2, -0.15) is 11.8 Å². The molecule has 3 aliphatic rings. The summed E-state index contributed by atoms with van der Waals surface area (Å²) in [6.45, 7) is 0.778. The number of amides is 2. The Balaban J connectivity index is 1.61. The summed E-state index contributed by atoms with van der Waals surface area (Å²) in [5, 5.41) is 3.29. The van der Waals surface area contributed by atoms with Gasteiger partial charge in [0.2, 0.25) is 11.8 Å². The molecule has 4 unspecified atom stereocenters. The number of thioether (sulfide) groups is 1. The van der Waals surface area contributed by atoms with Crippen LogP contribution in [0.2, 0.25) is 0 Å². The fourth-order valence-corrected chi connectivity index (χ4v) is 5.88. The number of esters is 1. The molecule has 0 bridgehead atoms. The van der Waals surface area contributed by atoms with Gasteiger partial charge < -0.3 is 14.2 Å². The third-order valence-electron chi connectivity index (χ3n) is 6.92. The topological polar surface area (TPSA) is 94.2 Å². The average Bonchev–Trinajstić information content (AvgIpc) is 3.36. The van der Waals surface area contributed by atoms with E-state index in [9.17, 15) is 18.8 Å². The van der Waals surface area contributed by atoms with Crippen LogP contribution in [0.15, 0.2) is 42.5 Å². The van der Waals surface area contributed by atoms with Gasteiger partial charge >= 0.3 is 5.97 Å². The third-order valence-corrected chi connectivity index (χ3v) is 7.53. The van der Waals surface area contributed by atoms with E-state index in [1.807, 2.05) is 6.26 Å². The predicted octanol–water partition coefficient (Wildman–Crippen LogP) is 2.71. The van der Waals surface area contributed by atoms with E-state index in [1.54, 1.807) is 30.3 Å². The zero-order valence-electron chi connectivity index (χ0n) is 19.3. The van der Waals surface area contributed by atoms with E-state index in [4.69, 9.17) is 14.2 Å². The number of ether oxygens (including phenoxy) is 3. The number of benzene rings is 2. The van der Waals surface area contributed by atoms with Gasteiger partial charge in [0.15, 0.2) is 11.5 Å². The summed E-state index contributed by atoms with van der Waals surface area (Å²) in [4.78, 5) is 42.1. The summed E-state index contributed by atoms with van der Waals surface area (Å²) in [5.41, 5.74) is -0.446. The standard InChI is InChI=1S/C25H25FN2O6S/c1-32-24(31)25(9-12-35-2)20-19(21(27-25)14-3-5-15(26)6-4-14)22(29)28(23(20)30)16-7-8-17-18(13-16)34-11-10-33-17/h3-8,13,19-21,27H,9-12H2,1-2H3. The van der Waals surface area contributed by atoms with Gasteiger partial charge in [-0.1, -0.05) is 12.1 Å². The van der Waals surface area contributed by atoms with Crippen LogP contribution < -0.4 is 19.7 Å². The SMILES string of the molecule is COC(=O)C1(CCSC)NC(c2ccc(F)cc2)C2C(=O)N(c3ccc4c(c3)OCCO4)C(=O)C21. The van der Waals surface area contributed by atoms with Gasteiger partial charge in [0.05, 0.1) is 24.6 Å². The summed E-state index contributed by atoms with van der Waals surface area (Å²) in [6, 6.07) is 9.94. The first-order valence-corrected chi connectivity index (χ1v) is 12.7. The van der Waals surface area contributed by atoms with Gasteiger partial charge in [0.25, 0.3) is 0 Å². The molecule has 3 heterocycles. The van der Waals surface area contributed by atoms with Crippen LogP contribution in [-0.2, 0) is 19.1 Å². The second-order valence-electron chi connectivity index (χ2n) is 8.72. The molecule has 5 rings (SSSR count). The first-order chi connectivity index (χ1) is 16.9. The first-order valence-electron chi connectivity index (χ1n) is 11.3. The van der Waals surface area contributed by atoms with E-state index in [0.717, 1.165) is 4.90 Å². The largest absolute Gasteiger partial charge is 0.486 e. The maximum atomic E-state index is 13.9. The highest BCUT2D eigenvalue weighted by atomic mass is 32.2. The molecule has 4 atom stereocenters. The number of carbonyl (C=O) groups is 3. The van der Waals surface area contributed by atoms with Crippen molar-refractivity contribution in [3.05, 3.63) is 53.8 Å². The Hall–Kier alpha value is -3.11. The lowest BCUT2D eigenvalue weighted by Crippen LogP contribution is -2.56. The van der Waals surface area contributed by atoms with Crippen LogP contribution in [0.5, 0.6) is 11.5 Å². The van der Waals surface area contributed by atoms with Crippen LogP contribution in [0, 0.1) is 17.7 Å². The Morgan fingerprint density at radius 2 is 1.86 bits per heavy atom. The number of nitrogens with one attached hydrogen (secondary N) is 1.